The average molecular weight is 315 g/mol. The van der Waals surface area contributed by atoms with Gasteiger partial charge in [-0.15, -0.1) is 0 Å². The molecule has 118 valence electrons. The van der Waals surface area contributed by atoms with Crippen molar-refractivity contribution in [3.05, 3.63) is 18.2 Å². The molecule has 7 nitrogen and oxygen atoms in total. The number of benzene rings is 1. The number of hydrogen-bond donors (Lipinski definition) is 4. The topological polar surface area (TPSA) is 122 Å². The zero-order chi connectivity index (χ0) is 16.2. The third kappa shape index (κ3) is 4.91. The van der Waals surface area contributed by atoms with E-state index in [2.05, 4.69) is 10.0 Å². The van der Waals surface area contributed by atoms with E-state index < -0.39 is 22.0 Å². The van der Waals surface area contributed by atoms with Crippen LogP contribution in [0, 0.1) is 5.92 Å². The summed E-state index contributed by atoms with van der Waals surface area (Å²) in [7, 11) is -3.88. The van der Waals surface area contributed by atoms with Crippen LogP contribution in [0.4, 0.5) is 5.69 Å². The number of aromatic hydroxyl groups is 1. The Morgan fingerprint density at radius 3 is 2.48 bits per heavy atom. The van der Waals surface area contributed by atoms with Crippen LogP contribution >= 0.6 is 0 Å². The fraction of sp³-hybridized carbons (Fsp3) is 0.462. The maximum Gasteiger partial charge on any atom is 0.241 e. The van der Waals surface area contributed by atoms with Gasteiger partial charge in [-0.25, -0.2) is 8.42 Å². The summed E-state index contributed by atoms with van der Waals surface area (Å²) in [5.74, 6) is -0.328. The third-order valence-corrected chi connectivity index (χ3v) is 4.26. The van der Waals surface area contributed by atoms with Crippen molar-refractivity contribution in [2.24, 2.45) is 5.92 Å². The largest absolute Gasteiger partial charge is 0.506 e. The number of sulfonamides is 1. The monoisotopic (exact) mass is 315 g/mol. The van der Waals surface area contributed by atoms with Crippen LogP contribution in [0.15, 0.2) is 23.1 Å². The van der Waals surface area contributed by atoms with E-state index in [0.717, 1.165) is 6.07 Å². The van der Waals surface area contributed by atoms with Crippen molar-refractivity contribution >= 4 is 21.6 Å². The molecule has 0 radical (unpaired) electrons. The van der Waals surface area contributed by atoms with Crippen LogP contribution in [0.1, 0.15) is 20.8 Å². The molecule has 0 spiro atoms. The highest BCUT2D eigenvalue weighted by atomic mass is 32.2. The summed E-state index contributed by atoms with van der Waals surface area (Å²) in [6, 6.07) is 2.63. The van der Waals surface area contributed by atoms with Crippen LogP contribution in [0.2, 0.25) is 0 Å². The first-order chi connectivity index (χ1) is 9.63. The van der Waals surface area contributed by atoms with Crippen LogP contribution in [-0.2, 0) is 14.8 Å². The van der Waals surface area contributed by atoms with Crippen molar-refractivity contribution in [1.82, 2.24) is 10.0 Å². The molecule has 0 fully saturated rings. The second kappa shape index (κ2) is 6.77. The number of anilines is 1. The van der Waals surface area contributed by atoms with Crippen molar-refractivity contribution < 1.29 is 18.3 Å². The Labute approximate surface area is 124 Å². The van der Waals surface area contributed by atoms with Crippen molar-refractivity contribution in [3.63, 3.8) is 0 Å². The van der Waals surface area contributed by atoms with Gasteiger partial charge in [-0.3, -0.25) is 4.79 Å². The molecule has 1 atom stereocenters. The maximum atomic E-state index is 12.1. The molecule has 0 saturated carbocycles. The number of amides is 1. The lowest BCUT2D eigenvalue weighted by Crippen LogP contribution is -2.45. The first-order valence-corrected chi connectivity index (χ1v) is 8.00. The molecule has 0 aliphatic heterocycles. The molecular weight excluding hydrogens is 294 g/mol. The maximum absolute atomic E-state index is 12.1. The van der Waals surface area contributed by atoms with Crippen LogP contribution in [0.25, 0.3) is 0 Å². The number of phenols is 1. The van der Waals surface area contributed by atoms with Gasteiger partial charge in [0.05, 0.1) is 16.6 Å². The number of carbonyl (C=O) groups excluding carboxylic acids is 1. The Balaban J connectivity index is 2.80. The smallest absolute Gasteiger partial charge is 0.241 e. The molecule has 1 unspecified atom stereocenters. The fourth-order valence-corrected chi connectivity index (χ4v) is 2.75. The normalized spacial score (nSPS) is 13.1. The number of carbonyl (C=O) groups is 1. The van der Waals surface area contributed by atoms with E-state index >= 15 is 0 Å². The minimum atomic E-state index is -3.88. The molecule has 0 aliphatic carbocycles. The van der Waals surface area contributed by atoms with E-state index in [0.29, 0.717) is 6.54 Å². The van der Waals surface area contributed by atoms with Crippen molar-refractivity contribution in [2.45, 2.75) is 31.7 Å². The average Bonchev–Trinajstić information content (AvgIpc) is 2.38. The lowest BCUT2D eigenvalue weighted by molar-refractivity contribution is -0.122. The van der Waals surface area contributed by atoms with Crippen LogP contribution in [-0.4, -0.2) is 32.0 Å². The molecule has 0 saturated heterocycles. The van der Waals surface area contributed by atoms with Crippen molar-refractivity contribution in [3.8, 4) is 5.75 Å². The molecule has 8 heteroatoms. The number of phenolic OH excluding ortho intramolecular Hbond substituents is 1. The standard InChI is InChI=1S/C13H21N3O4S/c1-8(2)7-15-13(18)9(3)16-21(19,20)10-4-5-12(17)11(14)6-10/h4-6,8-9,16-17H,7,14H2,1-3H3,(H,15,18). The quantitative estimate of drug-likeness (QED) is 0.447. The van der Waals surface area contributed by atoms with Gasteiger partial charge in [0.15, 0.2) is 0 Å². The van der Waals surface area contributed by atoms with Gasteiger partial charge in [0.2, 0.25) is 15.9 Å². The summed E-state index contributed by atoms with van der Waals surface area (Å²) in [6.07, 6.45) is 0. The first-order valence-electron chi connectivity index (χ1n) is 6.52. The zero-order valence-electron chi connectivity index (χ0n) is 12.3. The van der Waals surface area contributed by atoms with Gasteiger partial charge in [-0.05, 0) is 31.0 Å². The predicted octanol–water partition coefficient (Wildman–Crippen LogP) is 0.413. The van der Waals surface area contributed by atoms with Gasteiger partial charge >= 0.3 is 0 Å². The Kier molecular flexibility index (Phi) is 5.56. The summed E-state index contributed by atoms with van der Waals surface area (Å²) in [6.45, 7) is 5.80. The van der Waals surface area contributed by atoms with Crippen molar-refractivity contribution in [2.75, 3.05) is 12.3 Å². The number of nitrogens with one attached hydrogen (secondary N) is 2. The second-order valence-electron chi connectivity index (χ2n) is 5.20. The molecule has 1 amide bonds. The second-order valence-corrected chi connectivity index (χ2v) is 6.92. The van der Waals surface area contributed by atoms with E-state index in [1.165, 1.54) is 19.1 Å². The molecule has 0 heterocycles. The number of nitrogen functional groups attached to an aromatic ring is 1. The molecular formula is C13H21N3O4S. The third-order valence-electron chi connectivity index (χ3n) is 2.72. The molecule has 1 aromatic carbocycles. The van der Waals surface area contributed by atoms with Crippen LogP contribution in [0.5, 0.6) is 5.75 Å². The van der Waals surface area contributed by atoms with Crippen LogP contribution < -0.4 is 15.8 Å². The van der Waals surface area contributed by atoms with E-state index in [1.807, 2.05) is 13.8 Å². The fourth-order valence-electron chi connectivity index (χ4n) is 1.51. The minimum Gasteiger partial charge on any atom is -0.506 e. The Hall–Kier alpha value is -1.80. The van der Waals surface area contributed by atoms with E-state index in [-0.39, 0.29) is 22.3 Å². The molecule has 1 aromatic rings. The van der Waals surface area contributed by atoms with Gasteiger partial charge in [0.1, 0.15) is 5.75 Å². The highest BCUT2D eigenvalue weighted by Gasteiger charge is 2.22. The van der Waals surface area contributed by atoms with E-state index in [1.54, 1.807) is 0 Å². The molecule has 0 aliphatic rings. The van der Waals surface area contributed by atoms with Gasteiger partial charge < -0.3 is 16.2 Å². The van der Waals surface area contributed by atoms with E-state index in [9.17, 15) is 18.3 Å². The summed E-state index contributed by atoms with van der Waals surface area (Å²) in [5.41, 5.74) is 5.42. The number of rotatable bonds is 6. The molecule has 0 bridgehead atoms. The van der Waals surface area contributed by atoms with Gasteiger partial charge in [-0.1, -0.05) is 13.8 Å². The summed E-state index contributed by atoms with van der Waals surface area (Å²) < 4.78 is 26.5. The zero-order valence-corrected chi connectivity index (χ0v) is 13.1. The SMILES string of the molecule is CC(C)CNC(=O)C(C)NS(=O)(=O)c1ccc(O)c(N)c1. The number of nitrogens with two attached hydrogens (primary N) is 1. The summed E-state index contributed by atoms with van der Waals surface area (Å²) in [5, 5.41) is 11.9. The van der Waals surface area contributed by atoms with Gasteiger partial charge in [-0.2, -0.15) is 4.72 Å². The molecule has 0 aromatic heterocycles. The summed E-state index contributed by atoms with van der Waals surface area (Å²) in [4.78, 5) is 11.7. The van der Waals surface area contributed by atoms with E-state index in [4.69, 9.17) is 5.73 Å². The van der Waals surface area contributed by atoms with Crippen molar-refractivity contribution in [1.29, 1.82) is 0 Å². The molecule has 5 N–H and O–H groups in total. The molecule has 1 rings (SSSR count). The lowest BCUT2D eigenvalue weighted by atomic mass is 10.2. The lowest BCUT2D eigenvalue weighted by Gasteiger charge is -2.15. The Morgan fingerprint density at radius 2 is 1.95 bits per heavy atom. The predicted molar refractivity (Wildman–Crippen MR) is 80.2 cm³/mol. The van der Waals surface area contributed by atoms with Gasteiger partial charge in [0.25, 0.3) is 0 Å². The molecule has 21 heavy (non-hydrogen) atoms. The van der Waals surface area contributed by atoms with Gasteiger partial charge in [0, 0.05) is 6.54 Å². The van der Waals surface area contributed by atoms with Crippen LogP contribution in [0.3, 0.4) is 0 Å². The Bertz CT molecular complexity index is 614. The highest BCUT2D eigenvalue weighted by Crippen LogP contribution is 2.23. The summed E-state index contributed by atoms with van der Waals surface area (Å²) >= 11 is 0. The minimum absolute atomic E-state index is 0.0465. The highest BCUT2D eigenvalue weighted by molar-refractivity contribution is 7.89. The Morgan fingerprint density at radius 1 is 1.33 bits per heavy atom. The number of hydrogen-bond acceptors (Lipinski definition) is 5. The first kappa shape index (κ1) is 17.3.